The van der Waals surface area contributed by atoms with Gasteiger partial charge in [0.25, 0.3) is 0 Å². The van der Waals surface area contributed by atoms with Crippen molar-refractivity contribution in [3.8, 4) is 0 Å². The molecule has 1 aliphatic carbocycles. The summed E-state index contributed by atoms with van der Waals surface area (Å²) in [5.74, 6) is 1.75. The number of imidazole rings is 1. The van der Waals surface area contributed by atoms with Crippen LogP contribution in [0.2, 0.25) is 0 Å². The average molecular weight is 343 g/mol. The maximum absolute atomic E-state index is 13.9. The molecule has 0 atom stereocenters. The monoisotopic (exact) mass is 343 g/mol. The Morgan fingerprint density at radius 1 is 1.36 bits per heavy atom. The molecule has 134 valence electrons. The third kappa shape index (κ3) is 4.91. The zero-order chi connectivity index (χ0) is 17.8. The fraction of sp³-hybridized carbons (Fsp3) is 0.500. The summed E-state index contributed by atoms with van der Waals surface area (Å²) >= 11 is 0. The highest BCUT2D eigenvalue weighted by molar-refractivity contribution is 5.76. The van der Waals surface area contributed by atoms with E-state index in [9.17, 15) is 9.18 Å². The van der Waals surface area contributed by atoms with Gasteiger partial charge in [-0.1, -0.05) is 32.0 Å². The molecule has 0 radical (unpaired) electrons. The van der Waals surface area contributed by atoms with Crippen molar-refractivity contribution in [2.75, 3.05) is 6.54 Å². The lowest BCUT2D eigenvalue weighted by molar-refractivity contribution is -0.133. The Morgan fingerprint density at radius 2 is 2.12 bits per heavy atom. The van der Waals surface area contributed by atoms with Crippen LogP contribution in [0.3, 0.4) is 0 Å². The minimum absolute atomic E-state index is 0.183. The Morgan fingerprint density at radius 3 is 2.80 bits per heavy atom. The van der Waals surface area contributed by atoms with E-state index in [-0.39, 0.29) is 11.7 Å². The van der Waals surface area contributed by atoms with Crippen LogP contribution in [0, 0.1) is 17.7 Å². The first kappa shape index (κ1) is 17.6. The summed E-state index contributed by atoms with van der Waals surface area (Å²) < 4.78 is 15.9. The Hall–Kier alpha value is -2.17. The molecule has 0 aliphatic heterocycles. The van der Waals surface area contributed by atoms with Gasteiger partial charge in [0, 0.05) is 30.9 Å². The van der Waals surface area contributed by atoms with Gasteiger partial charge in [-0.3, -0.25) is 4.79 Å². The van der Waals surface area contributed by atoms with E-state index < -0.39 is 0 Å². The topological polar surface area (TPSA) is 38.1 Å². The average Bonchev–Trinajstić information content (AvgIpc) is 3.27. The summed E-state index contributed by atoms with van der Waals surface area (Å²) in [6, 6.07) is 6.78. The van der Waals surface area contributed by atoms with Crippen LogP contribution in [-0.2, 0) is 17.9 Å². The maximum Gasteiger partial charge on any atom is 0.223 e. The van der Waals surface area contributed by atoms with Gasteiger partial charge in [-0.2, -0.15) is 0 Å². The highest BCUT2D eigenvalue weighted by atomic mass is 19.1. The molecule has 1 aromatic heterocycles. The van der Waals surface area contributed by atoms with Gasteiger partial charge in [0.15, 0.2) is 0 Å². The molecular weight excluding hydrogens is 317 g/mol. The molecule has 0 saturated heterocycles. The summed E-state index contributed by atoms with van der Waals surface area (Å²) in [4.78, 5) is 18.9. The lowest BCUT2D eigenvalue weighted by Crippen LogP contribution is -2.34. The first-order valence-electron chi connectivity index (χ1n) is 9.04. The molecule has 1 heterocycles. The quantitative estimate of drug-likeness (QED) is 0.730. The SMILES string of the molecule is CC(C)CC(=O)N(Cc1nccn1Cc1ccccc1F)CC1CC1. The zero-order valence-electron chi connectivity index (χ0n) is 15.0. The Bertz CT molecular complexity index is 721. The molecule has 1 aliphatic rings. The van der Waals surface area contributed by atoms with Crippen LogP contribution >= 0.6 is 0 Å². The first-order valence-corrected chi connectivity index (χ1v) is 9.04. The summed E-state index contributed by atoms with van der Waals surface area (Å²) in [5.41, 5.74) is 0.629. The van der Waals surface area contributed by atoms with E-state index >= 15 is 0 Å². The van der Waals surface area contributed by atoms with E-state index in [4.69, 9.17) is 0 Å². The molecule has 2 aromatic rings. The maximum atomic E-state index is 13.9. The molecular formula is C20H26FN3O. The molecule has 3 rings (SSSR count). The molecule has 1 amide bonds. The molecule has 0 spiro atoms. The van der Waals surface area contributed by atoms with Crippen molar-refractivity contribution in [1.82, 2.24) is 14.5 Å². The predicted molar refractivity (Wildman–Crippen MR) is 95.3 cm³/mol. The number of nitrogens with zero attached hydrogens (tertiary/aromatic N) is 3. The van der Waals surface area contributed by atoms with E-state index in [2.05, 4.69) is 18.8 Å². The van der Waals surface area contributed by atoms with Crippen molar-refractivity contribution in [2.45, 2.75) is 46.2 Å². The second-order valence-electron chi connectivity index (χ2n) is 7.38. The van der Waals surface area contributed by atoms with Gasteiger partial charge >= 0.3 is 0 Å². The van der Waals surface area contributed by atoms with E-state index in [0.29, 0.717) is 36.9 Å². The zero-order valence-corrected chi connectivity index (χ0v) is 15.0. The molecule has 0 bridgehead atoms. The lowest BCUT2D eigenvalue weighted by Gasteiger charge is -2.24. The molecule has 25 heavy (non-hydrogen) atoms. The Labute approximate surface area is 148 Å². The standard InChI is InChI=1S/C20H26FN3O/c1-15(2)11-20(25)24(12-16-7-8-16)14-19-22-9-10-23(19)13-17-5-3-4-6-18(17)21/h3-6,9-10,15-16H,7-8,11-14H2,1-2H3. The van der Waals surface area contributed by atoms with Gasteiger partial charge < -0.3 is 9.47 Å². The van der Waals surface area contributed by atoms with E-state index in [0.717, 1.165) is 12.4 Å². The number of hydrogen-bond donors (Lipinski definition) is 0. The van der Waals surface area contributed by atoms with Crippen molar-refractivity contribution >= 4 is 5.91 Å². The lowest BCUT2D eigenvalue weighted by atomic mass is 10.1. The highest BCUT2D eigenvalue weighted by Gasteiger charge is 2.27. The van der Waals surface area contributed by atoms with Crippen LogP contribution in [0.15, 0.2) is 36.7 Å². The number of halogens is 1. The van der Waals surface area contributed by atoms with Crippen LogP contribution < -0.4 is 0 Å². The van der Waals surface area contributed by atoms with Crippen LogP contribution in [-0.4, -0.2) is 26.9 Å². The second-order valence-corrected chi connectivity index (χ2v) is 7.38. The van der Waals surface area contributed by atoms with Crippen LogP contribution in [0.1, 0.15) is 44.5 Å². The normalized spacial score (nSPS) is 14.1. The summed E-state index contributed by atoms with van der Waals surface area (Å²) in [6.07, 6.45) is 6.54. The molecule has 0 N–H and O–H groups in total. The molecule has 5 heteroatoms. The fourth-order valence-corrected chi connectivity index (χ4v) is 2.96. The molecule has 0 unspecified atom stereocenters. The molecule has 1 fully saturated rings. The Kier molecular flexibility index (Phi) is 5.51. The number of amides is 1. The third-order valence-corrected chi connectivity index (χ3v) is 4.54. The minimum atomic E-state index is -0.215. The molecule has 4 nitrogen and oxygen atoms in total. The Balaban J connectivity index is 1.73. The largest absolute Gasteiger partial charge is 0.335 e. The van der Waals surface area contributed by atoms with Crippen LogP contribution in [0.4, 0.5) is 4.39 Å². The predicted octanol–water partition coefficient (Wildman–Crippen LogP) is 3.86. The van der Waals surface area contributed by atoms with E-state index in [1.807, 2.05) is 21.7 Å². The van der Waals surface area contributed by atoms with Gasteiger partial charge in [0.05, 0.1) is 13.1 Å². The number of aromatic nitrogens is 2. The minimum Gasteiger partial charge on any atom is -0.335 e. The van der Waals surface area contributed by atoms with Gasteiger partial charge in [-0.05, 0) is 30.7 Å². The van der Waals surface area contributed by atoms with Crippen molar-refractivity contribution in [3.63, 3.8) is 0 Å². The van der Waals surface area contributed by atoms with Gasteiger partial charge in [0.2, 0.25) is 5.91 Å². The molecule has 1 aromatic carbocycles. The molecule has 1 saturated carbocycles. The van der Waals surface area contributed by atoms with Crippen molar-refractivity contribution in [3.05, 3.63) is 53.9 Å². The van der Waals surface area contributed by atoms with Crippen LogP contribution in [0.25, 0.3) is 0 Å². The van der Waals surface area contributed by atoms with Crippen LogP contribution in [0.5, 0.6) is 0 Å². The highest BCUT2D eigenvalue weighted by Crippen LogP contribution is 2.30. The second kappa shape index (κ2) is 7.81. The summed E-state index contributed by atoms with van der Waals surface area (Å²) in [7, 11) is 0. The van der Waals surface area contributed by atoms with Gasteiger partial charge in [-0.25, -0.2) is 9.37 Å². The smallest absolute Gasteiger partial charge is 0.223 e. The summed E-state index contributed by atoms with van der Waals surface area (Å²) in [5, 5.41) is 0. The third-order valence-electron chi connectivity index (χ3n) is 4.54. The number of carbonyl (C=O) groups excluding carboxylic acids is 1. The van der Waals surface area contributed by atoms with E-state index in [1.165, 1.54) is 18.9 Å². The number of carbonyl (C=O) groups is 1. The van der Waals surface area contributed by atoms with Crippen molar-refractivity contribution in [1.29, 1.82) is 0 Å². The van der Waals surface area contributed by atoms with Gasteiger partial charge in [0.1, 0.15) is 11.6 Å². The summed E-state index contributed by atoms with van der Waals surface area (Å²) in [6.45, 7) is 5.85. The number of hydrogen-bond acceptors (Lipinski definition) is 2. The van der Waals surface area contributed by atoms with E-state index in [1.54, 1.807) is 18.3 Å². The fourth-order valence-electron chi connectivity index (χ4n) is 2.96. The first-order chi connectivity index (χ1) is 12.0. The van der Waals surface area contributed by atoms with Crippen molar-refractivity contribution in [2.24, 2.45) is 11.8 Å². The number of rotatable bonds is 8. The van der Waals surface area contributed by atoms with Crippen molar-refractivity contribution < 1.29 is 9.18 Å². The van der Waals surface area contributed by atoms with Gasteiger partial charge in [-0.15, -0.1) is 0 Å². The number of benzene rings is 1.